The van der Waals surface area contributed by atoms with Crippen LogP contribution >= 0.6 is 0 Å². The highest BCUT2D eigenvalue weighted by Crippen LogP contribution is 2.40. The van der Waals surface area contributed by atoms with Gasteiger partial charge in [0, 0.05) is 31.0 Å². The van der Waals surface area contributed by atoms with Crippen molar-refractivity contribution >= 4 is 28.6 Å². The molecule has 34 heavy (non-hydrogen) atoms. The second-order valence-electron chi connectivity index (χ2n) is 7.27. The maximum Gasteiger partial charge on any atom is 0.241 e. The lowest BCUT2D eigenvalue weighted by Gasteiger charge is -2.15. The highest BCUT2D eigenvalue weighted by molar-refractivity contribution is 5.80. The first-order chi connectivity index (χ1) is 16.7. The van der Waals surface area contributed by atoms with Crippen molar-refractivity contribution in [3.63, 3.8) is 0 Å². The number of ether oxygens (including phenoxy) is 3. The molecule has 0 aliphatic heterocycles. The van der Waals surface area contributed by atoms with E-state index in [-0.39, 0.29) is 6.61 Å². The van der Waals surface area contributed by atoms with Crippen LogP contribution in [0, 0.1) is 0 Å². The van der Waals surface area contributed by atoms with Crippen LogP contribution in [-0.4, -0.2) is 64.1 Å². The molecule has 0 fully saturated rings. The van der Waals surface area contributed by atoms with Gasteiger partial charge in [-0.05, 0) is 25.0 Å². The Labute approximate surface area is 196 Å². The van der Waals surface area contributed by atoms with E-state index in [1.165, 1.54) is 6.33 Å². The summed E-state index contributed by atoms with van der Waals surface area (Å²) in [7, 11) is 4.67. The molecule has 0 saturated heterocycles. The van der Waals surface area contributed by atoms with Crippen LogP contribution in [0.25, 0.3) is 17.0 Å². The second kappa shape index (κ2) is 10.7. The topological polar surface area (TPSA) is 128 Å². The predicted molar refractivity (Wildman–Crippen MR) is 129 cm³/mol. The van der Waals surface area contributed by atoms with Gasteiger partial charge in [-0.3, -0.25) is 0 Å². The Morgan fingerprint density at radius 1 is 0.941 bits per heavy atom. The Hall–Kier alpha value is -4.12. The molecule has 0 aliphatic rings. The van der Waals surface area contributed by atoms with E-state index >= 15 is 0 Å². The van der Waals surface area contributed by atoms with Gasteiger partial charge < -0.3 is 30.0 Å². The molecule has 0 spiro atoms. The standard InChI is InChI=1S/C23H27N7O4/c1-32-18-12-15(13-19(33-2)20(18)34-3)27-21-25-14-26-23(29-21)30-17-9-5-4-8-16(17)28-22(30)24-10-6-7-11-31/h4-5,8-9,12-14,31H,6-7,10-11H2,1-3H3,(H,24,28)(H,25,26,27,29). The summed E-state index contributed by atoms with van der Waals surface area (Å²) in [5.41, 5.74) is 2.33. The van der Waals surface area contributed by atoms with Crippen LogP contribution in [0.15, 0.2) is 42.7 Å². The first-order valence-electron chi connectivity index (χ1n) is 10.8. The summed E-state index contributed by atoms with van der Waals surface area (Å²) in [6.45, 7) is 0.813. The number of para-hydroxylation sites is 2. The van der Waals surface area contributed by atoms with Crippen molar-refractivity contribution in [1.82, 2.24) is 24.5 Å². The van der Waals surface area contributed by atoms with Crippen LogP contribution < -0.4 is 24.8 Å². The minimum atomic E-state index is 0.154. The zero-order chi connectivity index (χ0) is 23.9. The third-order valence-corrected chi connectivity index (χ3v) is 5.11. The summed E-state index contributed by atoms with van der Waals surface area (Å²) < 4.78 is 18.1. The number of fused-ring (bicyclic) bond motifs is 1. The number of nitrogens with one attached hydrogen (secondary N) is 2. The molecule has 178 valence electrons. The number of rotatable bonds is 11. The molecular formula is C23H27N7O4. The zero-order valence-corrected chi connectivity index (χ0v) is 19.3. The van der Waals surface area contributed by atoms with Crippen LogP contribution in [0.5, 0.6) is 17.2 Å². The highest BCUT2D eigenvalue weighted by Gasteiger charge is 2.17. The Morgan fingerprint density at radius 3 is 2.41 bits per heavy atom. The maximum atomic E-state index is 9.05. The molecule has 11 heteroatoms. The SMILES string of the molecule is COc1cc(Nc2ncnc(-n3c(NCCCCO)nc4ccccc43)n2)cc(OC)c1OC. The molecule has 2 aromatic carbocycles. The molecule has 0 amide bonds. The molecule has 11 nitrogen and oxygen atoms in total. The highest BCUT2D eigenvalue weighted by atomic mass is 16.5. The average Bonchev–Trinajstić information content (AvgIpc) is 3.24. The molecule has 0 atom stereocenters. The van der Waals surface area contributed by atoms with Crippen LogP contribution in [0.1, 0.15) is 12.8 Å². The number of aliphatic hydroxyl groups is 1. The first kappa shape index (κ1) is 23.1. The minimum Gasteiger partial charge on any atom is -0.493 e. The lowest BCUT2D eigenvalue weighted by Crippen LogP contribution is -2.11. The van der Waals surface area contributed by atoms with E-state index in [9.17, 15) is 0 Å². The smallest absolute Gasteiger partial charge is 0.241 e. The van der Waals surface area contributed by atoms with Crippen LogP contribution in [0.3, 0.4) is 0 Å². The number of methoxy groups -OCH3 is 3. The van der Waals surface area contributed by atoms with Gasteiger partial charge in [0.15, 0.2) is 11.5 Å². The van der Waals surface area contributed by atoms with Crippen LogP contribution in [0.2, 0.25) is 0 Å². The van der Waals surface area contributed by atoms with E-state index in [0.29, 0.717) is 53.7 Å². The van der Waals surface area contributed by atoms with Crippen molar-refractivity contribution < 1.29 is 19.3 Å². The molecular weight excluding hydrogens is 438 g/mol. The number of benzene rings is 2. The van der Waals surface area contributed by atoms with E-state index in [1.807, 2.05) is 28.8 Å². The average molecular weight is 466 g/mol. The third-order valence-electron chi connectivity index (χ3n) is 5.11. The number of anilines is 3. The summed E-state index contributed by atoms with van der Waals surface area (Å²) in [6.07, 6.45) is 2.96. The van der Waals surface area contributed by atoms with Crippen molar-refractivity contribution in [2.45, 2.75) is 12.8 Å². The summed E-state index contributed by atoms with van der Waals surface area (Å²) >= 11 is 0. The van der Waals surface area contributed by atoms with Crippen molar-refractivity contribution in [2.75, 3.05) is 45.1 Å². The Kier molecular flexibility index (Phi) is 7.23. The van der Waals surface area contributed by atoms with Gasteiger partial charge in [0.05, 0.1) is 32.4 Å². The van der Waals surface area contributed by atoms with Crippen molar-refractivity contribution in [2.24, 2.45) is 0 Å². The monoisotopic (exact) mass is 465 g/mol. The zero-order valence-electron chi connectivity index (χ0n) is 19.3. The molecule has 0 bridgehead atoms. The summed E-state index contributed by atoms with van der Waals surface area (Å²) in [5.74, 6) is 2.87. The molecule has 4 rings (SSSR count). The Morgan fingerprint density at radius 2 is 1.71 bits per heavy atom. The van der Waals surface area contributed by atoms with Crippen molar-refractivity contribution in [3.8, 4) is 23.2 Å². The minimum absolute atomic E-state index is 0.154. The number of aliphatic hydroxyl groups excluding tert-OH is 1. The molecule has 2 heterocycles. The second-order valence-corrected chi connectivity index (χ2v) is 7.27. The quantitative estimate of drug-likeness (QED) is 0.284. The molecule has 3 N–H and O–H groups in total. The Bertz CT molecular complexity index is 1240. The fraction of sp³-hybridized carbons (Fsp3) is 0.304. The Balaban J connectivity index is 1.68. The van der Waals surface area contributed by atoms with Crippen LogP contribution in [-0.2, 0) is 0 Å². The van der Waals surface area contributed by atoms with E-state index in [2.05, 4.69) is 30.6 Å². The predicted octanol–water partition coefficient (Wildman–Crippen LogP) is 3.16. The van der Waals surface area contributed by atoms with Crippen molar-refractivity contribution in [3.05, 3.63) is 42.7 Å². The number of imidazole rings is 1. The van der Waals surface area contributed by atoms with E-state index < -0.39 is 0 Å². The molecule has 0 radical (unpaired) electrons. The largest absolute Gasteiger partial charge is 0.493 e. The molecule has 0 saturated carbocycles. The number of unbranched alkanes of at least 4 members (excludes halogenated alkanes) is 1. The van der Waals surface area contributed by atoms with Gasteiger partial charge in [-0.1, -0.05) is 12.1 Å². The van der Waals surface area contributed by atoms with Gasteiger partial charge >= 0.3 is 0 Å². The first-order valence-corrected chi connectivity index (χ1v) is 10.8. The summed E-state index contributed by atoms with van der Waals surface area (Å²) in [6, 6.07) is 11.3. The normalized spacial score (nSPS) is 10.8. The lowest BCUT2D eigenvalue weighted by molar-refractivity contribution is 0.286. The molecule has 0 aliphatic carbocycles. The van der Waals surface area contributed by atoms with Gasteiger partial charge in [-0.25, -0.2) is 19.5 Å². The fourth-order valence-electron chi connectivity index (χ4n) is 3.52. The van der Waals surface area contributed by atoms with Gasteiger partial charge in [0.25, 0.3) is 0 Å². The van der Waals surface area contributed by atoms with E-state index in [0.717, 1.165) is 17.5 Å². The number of hydrogen-bond acceptors (Lipinski definition) is 10. The number of aromatic nitrogens is 5. The summed E-state index contributed by atoms with van der Waals surface area (Å²) in [5, 5.41) is 15.5. The molecule has 4 aromatic rings. The molecule has 0 unspecified atom stereocenters. The van der Waals surface area contributed by atoms with E-state index in [1.54, 1.807) is 33.5 Å². The third kappa shape index (κ3) is 4.79. The van der Waals surface area contributed by atoms with Gasteiger partial charge in [0.2, 0.25) is 23.6 Å². The number of nitrogens with zero attached hydrogens (tertiary/aromatic N) is 5. The van der Waals surface area contributed by atoms with Gasteiger partial charge in [-0.15, -0.1) is 0 Å². The molecule has 2 aromatic heterocycles. The maximum absolute atomic E-state index is 9.05. The van der Waals surface area contributed by atoms with Gasteiger partial charge in [-0.2, -0.15) is 4.98 Å². The summed E-state index contributed by atoms with van der Waals surface area (Å²) in [4.78, 5) is 18.0. The van der Waals surface area contributed by atoms with Crippen LogP contribution in [0.4, 0.5) is 17.6 Å². The van der Waals surface area contributed by atoms with E-state index in [4.69, 9.17) is 19.3 Å². The lowest BCUT2D eigenvalue weighted by atomic mass is 10.2. The van der Waals surface area contributed by atoms with Crippen molar-refractivity contribution in [1.29, 1.82) is 0 Å². The fourth-order valence-corrected chi connectivity index (χ4v) is 3.52. The number of hydrogen-bond donors (Lipinski definition) is 3. The van der Waals surface area contributed by atoms with Gasteiger partial charge in [0.1, 0.15) is 6.33 Å².